The molecule has 90 valence electrons. The number of likely N-dealkylation sites (N-methyl/N-ethyl adjacent to an activating group) is 1. The van der Waals surface area contributed by atoms with Gasteiger partial charge in [0.15, 0.2) is 0 Å². The van der Waals surface area contributed by atoms with Crippen molar-refractivity contribution in [3.63, 3.8) is 0 Å². The van der Waals surface area contributed by atoms with Crippen LogP contribution in [-0.4, -0.2) is 57.0 Å². The molecule has 1 rings (SSSR count). The van der Waals surface area contributed by atoms with Crippen LogP contribution in [-0.2, 0) is 4.74 Å². The van der Waals surface area contributed by atoms with Gasteiger partial charge in [0, 0.05) is 19.1 Å². The molecule has 1 unspecified atom stereocenters. The molecular formula is C9H17F3N2O. The fraction of sp³-hybridized carbons (Fsp3) is 1.00. The topological polar surface area (TPSA) is 24.5 Å². The summed E-state index contributed by atoms with van der Waals surface area (Å²) >= 11 is 0. The van der Waals surface area contributed by atoms with E-state index in [-0.39, 0.29) is 6.61 Å². The smallest absolute Gasteiger partial charge is 0.371 e. The SMILES string of the molecule is CNC1CCN(CCOCC(F)(F)F)C1. The largest absolute Gasteiger partial charge is 0.411 e. The fourth-order valence-corrected chi connectivity index (χ4v) is 1.65. The molecule has 3 nitrogen and oxygen atoms in total. The van der Waals surface area contributed by atoms with Gasteiger partial charge in [-0.1, -0.05) is 0 Å². The Bertz CT molecular complexity index is 187. The molecule has 15 heavy (non-hydrogen) atoms. The van der Waals surface area contributed by atoms with E-state index in [1.165, 1.54) is 0 Å². The maximum Gasteiger partial charge on any atom is 0.411 e. The number of halogens is 3. The number of rotatable bonds is 5. The lowest BCUT2D eigenvalue weighted by molar-refractivity contribution is -0.174. The minimum atomic E-state index is -4.21. The highest BCUT2D eigenvalue weighted by molar-refractivity contribution is 4.79. The molecule has 1 heterocycles. The molecule has 1 aliphatic rings. The molecule has 1 saturated heterocycles. The summed E-state index contributed by atoms with van der Waals surface area (Å²) in [5.74, 6) is 0. The molecule has 0 aromatic carbocycles. The first-order valence-electron chi connectivity index (χ1n) is 5.05. The normalized spacial score (nSPS) is 23.6. The van der Waals surface area contributed by atoms with Gasteiger partial charge in [0.25, 0.3) is 0 Å². The highest BCUT2D eigenvalue weighted by atomic mass is 19.4. The molecule has 0 saturated carbocycles. The third kappa shape index (κ3) is 5.34. The average Bonchev–Trinajstić information content (AvgIpc) is 2.59. The zero-order valence-corrected chi connectivity index (χ0v) is 8.81. The maximum atomic E-state index is 11.7. The van der Waals surface area contributed by atoms with Gasteiger partial charge < -0.3 is 10.1 Å². The Labute approximate surface area is 87.6 Å². The summed E-state index contributed by atoms with van der Waals surface area (Å²) in [5.41, 5.74) is 0. The lowest BCUT2D eigenvalue weighted by Crippen LogP contribution is -2.32. The Morgan fingerprint density at radius 2 is 2.20 bits per heavy atom. The van der Waals surface area contributed by atoms with Gasteiger partial charge in [-0.25, -0.2) is 0 Å². The Balaban J connectivity index is 2.02. The van der Waals surface area contributed by atoms with Crippen LogP contribution in [0.5, 0.6) is 0 Å². The van der Waals surface area contributed by atoms with Crippen molar-refractivity contribution in [3.05, 3.63) is 0 Å². The second-order valence-corrected chi connectivity index (χ2v) is 3.74. The first-order chi connectivity index (χ1) is 7.01. The molecule has 1 aliphatic heterocycles. The fourth-order valence-electron chi connectivity index (χ4n) is 1.65. The van der Waals surface area contributed by atoms with Crippen LogP contribution >= 0.6 is 0 Å². The van der Waals surface area contributed by atoms with E-state index < -0.39 is 12.8 Å². The van der Waals surface area contributed by atoms with E-state index in [0.29, 0.717) is 12.6 Å². The maximum absolute atomic E-state index is 11.7. The molecule has 0 aliphatic carbocycles. The van der Waals surface area contributed by atoms with E-state index in [0.717, 1.165) is 19.5 Å². The molecule has 0 radical (unpaired) electrons. The number of hydrogen-bond donors (Lipinski definition) is 1. The van der Waals surface area contributed by atoms with Crippen LogP contribution in [0.2, 0.25) is 0 Å². The summed E-state index contributed by atoms with van der Waals surface area (Å²) < 4.78 is 39.7. The van der Waals surface area contributed by atoms with Crippen molar-refractivity contribution in [1.82, 2.24) is 10.2 Å². The number of nitrogens with one attached hydrogen (secondary N) is 1. The van der Waals surface area contributed by atoms with Crippen LogP contribution in [0.1, 0.15) is 6.42 Å². The number of nitrogens with zero attached hydrogens (tertiary/aromatic N) is 1. The molecule has 1 atom stereocenters. The molecule has 1 N–H and O–H groups in total. The predicted molar refractivity (Wildman–Crippen MR) is 50.8 cm³/mol. The van der Waals surface area contributed by atoms with Gasteiger partial charge in [0.05, 0.1) is 6.61 Å². The van der Waals surface area contributed by atoms with Crippen molar-refractivity contribution >= 4 is 0 Å². The van der Waals surface area contributed by atoms with Crippen molar-refractivity contribution in [2.75, 3.05) is 39.9 Å². The van der Waals surface area contributed by atoms with Crippen molar-refractivity contribution in [2.24, 2.45) is 0 Å². The third-order valence-electron chi connectivity index (χ3n) is 2.50. The zero-order chi connectivity index (χ0) is 11.3. The molecule has 0 aromatic heterocycles. The zero-order valence-electron chi connectivity index (χ0n) is 8.81. The lowest BCUT2D eigenvalue weighted by atomic mass is 10.3. The van der Waals surface area contributed by atoms with E-state index >= 15 is 0 Å². The van der Waals surface area contributed by atoms with E-state index in [9.17, 15) is 13.2 Å². The quantitative estimate of drug-likeness (QED) is 0.704. The molecule has 0 amide bonds. The minimum absolute atomic E-state index is 0.149. The molecule has 0 aromatic rings. The summed E-state index contributed by atoms with van der Waals surface area (Å²) in [7, 11) is 1.90. The summed E-state index contributed by atoms with van der Waals surface area (Å²) in [6.45, 7) is 1.41. The summed E-state index contributed by atoms with van der Waals surface area (Å²) in [6, 6.07) is 0.465. The first kappa shape index (κ1) is 12.7. The first-order valence-corrected chi connectivity index (χ1v) is 5.05. The Hall–Kier alpha value is -0.330. The molecule has 6 heteroatoms. The number of hydrogen-bond acceptors (Lipinski definition) is 3. The molecule has 1 fully saturated rings. The Morgan fingerprint density at radius 1 is 1.47 bits per heavy atom. The van der Waals surface area contributed by atoms with Crippen LogP contribution in [0.4, 0.5) is 13.2 Å². The van der Waals surface area contributed by atoms with Crippen molar-refractivity contribution in [3.8, 4) is 0 Å². The number of alkyl halides is 3. The summed E-state index contributed by atoms with van der Waals surface area (Å²) in [5, 5.41) is 3.15. The molecular weight excluding hydrogens is 209 g/mol. The Kier molecular flexibility index (Phi) is 4.82. The Morgan fingerprint density at radius 3 is 2.73 bits per heavy atom. The summed E-state index contributed by atoms with van der Waals surface area (Å²) in [6.07, 6.45) is -3.16. The number of ether oxygens (including phenoxy) is 1. The van der Waals surface area contributed by atoms with Gasteiger partial charge in [-0.15, -0.1) is 0 Å². The van der Waals surface area contributed by atoms with E-state index in [1.54, 1.807) is 0 Å². The van der Waals surface area contributed by atoms with Gasteiger partial charge in [0.1, 0.15) is 6.61 Å². The monoisotopic (exact) mass is 226 g/mol. The van der Waals surface area contributed by atoms with E-state index in [2.05, 4.69) is 15.0 Å². The van der Waals surface area contributed by atoms with Crippen LogP contribution in [0.15, 0.2) is 0 Å². The van der Waals surface area contributed by atoms with Gasteiger partial charge in [-0.2, -0.15) is 13.2 Å². The molecule has 0 bridgehead atoms. The van der Waals surface area contributed by atoms with Crippen molar-refractivity contribution < 1.29 is 17.9 Å². The average molecular weight is 226 g/mol. The molecule has 0 spiro atoms. The minimum Gasteiger partial charge on any atom is -0.371 e. The second-order valence-electron chi connectivity index (χ2n) is 3.74. The third-order valence-corrected chi connectivity index (χ3v) is 2.50. The lowest BCUT2D eigenvalue weighted by Gasteiger charge is -2.16. The van der Waals surface area contributed by atoms with Gasteiger partial charge in [-0.3, -0.25) is 4.90 Å². The highest BCUT2D eigenvalue weighted by Crippen LogP contribution is 2.14. The number of likely N-dealkylation sites (tertiary alicyclic amines) is 1. The standard InChI is InChI=1S/C9H17F3N2O/c1-13-8-2-3-14(6-8)4-5-15-7-9(10,11)12/h8,13H,2-7H2,1H3. The van der Waals surface area contributed by atoms with Crippen LogP contribution in [0, 0.1) is 0 Å². The highest BCUT2D eigenvalue weighted by Gasteiger charge is 2.27. The predicted octanol–water partition coefficient (Wildman–Crippen LogP) is 0.859. The summed E-state index contributed by atoms with van der Waals surface area (Å²) in [4.78, 5) is 2.11. The van der Waals surface area contributed by atoms with E-state index in [1.807, 2.05) is 7.05 Å². The van der Waals surface area contributed by atoms with Crippen LogP contribution < -0.4 is 5.32 Å². The second kappa shape index (κ2) is 5.67. The van der Waals surface area contributed by atoms with Gasteiger partial charge in [-0.05, 0) is 20.0 Å². The van der Waals surface area contributed by atoms with Crippen LogP contribution in [0.3, 0.4) is 0 Å². The van der Waals surface area contributed by atoms with Gasteiger partial charge >= 0.3 is 6.18 Å². The van der Waals surface area contributed by atoms with Gasteiger partial charge in [0.2, 0.25) is 0 Å². The van der Waals surface area contributed by atoms with Crippen molar-refractivity contribution in [2.45, 2.75) is 18.6 Å². The van der Waals surface area contributed by atoms with Crippen LogP contribution in [0.25, 0.3) is 0 Å². The van der Waals surface area contributed by atoms with Crippen molar-refractivity contribution in [1.29, 1.82) is 0 Å². The van der Waals surface area contributed by atoms with E-state index in [4.69, 9.17) is 0 Å².